The summed E-state index contributed by atoms with van der Waals surface area (Å²) in [6.45, 7) is 1.85. The lowest BCUT2D eigenvalue weighted by Crippen LogP contribution is -2.48. The van der Waals surface area contributed by atoms with E-state index in [1.807, 2.05) is 24.3 Å². The predicted molar refractivity (Wildman–Crippen MR) is 140 cm³/mol. The van der Waals surface area contributed by atoms with Gasteiger partial charge in [-0.15, -0.1) is 0 Å². The Morgan fingerprint density at radius 3 is 2.39 bits per heavy atom. The molecule has 2 heterocycles. The molecule has 0 saturated carbocycles. The van der Waals surface area contributed by atoms with E-state index in [-0.39, 0.29) is 22.9 Å². The van der Waals surface area contributed by atoms with Gasteiger partial charge in [-0.1, -0.05) is 11.6 Å². The number of carbonyl (C=O) groups excluding carboxylic acids is 1. The highest BCUT2D eigenvalue weighted by atomic mass is 35.5. The quantitative estimate of drug-likeness (QED) is 0.506. The normalized spacial score (nSPS) is 17.3. The average molecular weight is 528 g/mol. The summed E-state index contributed by atoms with van der Waals surface area (Å²) in [6.07, 6.45) is 1.30. The summed E-state index contributed by atoms with van der Waals surface area (Å²) >= 11 is 6.17. The SMILES string of the molecule is COc1ccc(S(=O)(=O)N2C[C@@H](C(=O)Nc3ccc(N4CCCC4)cc3)Oc3ccc(Cl)cc32)cc1. The number of nitrogens with one attached hydrogen (secondary N) is 1. The molecule has 10 heteroatoms. The van der Waals surface area contributed by atoms with Crippen LogP contribution >= 0.6 is 11.6 Å². The molecule has 1 N–H and O–H groups in total. The molecule has 0 aliphatic carbocycles. The number of sulfonamides is 1. The van der Waals surface area contributed by atoms with Crippen LogP contribution in [0.5, 0.6) is 11.5 Å². The Balaban J connectivity index is 1.39. The van der Waals surface area contributed by atoms with Crippen LogP contribution in [0.25, 0.3) is 0 Å². The minimum absolute atomic E-state index is 0.0628. The summed E-state index contributed by atoms with van der Waals surface area (Å²) in [6, 6.07) is 18.4. The van der Waals surface area contributed by atoms with Crippen molar-refractivity contribution in [2.24, 2.45) is 0 Å². The number of rotatable bonds is 6. The van der Waals surface area contributed by atoms with Crippen LogP contribution in [-0.2, 0) is 14.8 Å². The Morgan fingerprint density at radius 2 is 1.72 bits per heavy atom. The van der Waals surface area contributed by atoms with E-state index in [2.05, 4.69) is 10.2 Å². The van der Waals surface area contributed by atoms with Crippen LogP contribution in [0.4, 0.5) is 17.1 Å². The molecule has 0 spiro atoms. The molecule has 0 unspecified atom stereocenters. The minimum Gasteiger partial charge on any atom is -0.497 e. The third-order valence-corrected chi connectivity index (χ3v) is 8.37. The second-order valence-corrected chi connectivity index (χ2v) is 11.0. The zero-order chi connectivity index (χ0) is 25.3. The summed E-state index contributed by atoms with van der Waals surface area (Å²) in [5.74, 6) is 0.346. The summed E-state index contributed by atoms with van der Waals surface area (Å²) in [5, 5.41) is 3.21. The molecule has 5 rings (SSSR count). The lowest BCUT2D eigenvalue weighted by atomic mass is 10.2. The number of hydrogen-bond donors (Lipinski definition) is 1. The van der Waals surface area contributed by atoms with E-state index in [1.54, 1.807) is 24.3 Å². The van der Waals surface area contributed by atoms with Crippen molar-refractivity contribution in [1.29, 1.82) is 0 Å². The molecule has 2 aliphatic heterocycles. The van der Waals surface area contributed by atoms with E-state index in [1.165, 1.54) is 42.5 Å². The second-order valence-electron chi connectivity index (χ2n) is 8.66. The van der Waals surface area contributed by atoms with Crippen molar-refractivity contribution in [2.45, 2.75) is 23.8 Å². The minimum atomic E-state index is -4.02. The van der Waals surface area contributed by atoms with Gasteiger partial charge in [0, 0.05) is 29.5 Å². The van der Waals surface area contributed by atoms with Gasteiger partial charge in [0.05, 0.1) is 24.2 Å². The predicted octanol–water partition coefficient (Wildman–Crippen LogP) is 4.54. The molecule has 188 valence electrons. The van der Waals surface area contributed by atoms with Crippen molar-refractivity contribution in [2.75, 3.05) is 41.3 Å². The molecule has 0 aromatic heterocycles. The first-order chi connectivity index (χ1) is 17.3. The van der Waals surface area contributed by atoms with Gasteiger partial charge < -0.3 is 19.7 Å². The highest BCUT2D eigenvalue weighted by molar-refractivity contribution is 7.92. The van der Waals surface area contributed by atoms with Crippen molar-refractivity contribution in [3.63, 3.8) is 0 Å². The van der Waals surface area contributed by atoms with Crippen LogP contribution in [0.1, 0.15) is 12.8 Å². The first-order valence-corrected chi connectivity index (χ1v) is 13.5. The third-order valence-electron chi connectivity index (χ3n) is 6.34. The van der Waals surface area contributed by atoms with Crippen molar-refractivity contribution in [3.8, 4) is 11.5 Å². The molecule has 0 radical (unpaired) electrons. The van der Waals surface area contributed by atoms with Gasteiger partial charge in [0.2, 0.25) is 0 Å². The third kappa shape index (κ3) is 4.81. The highest BCUT2D eigenvalue weighted by Crippen LogP contribution is 2.39. The van der Waals surface area contributed by atoms with E-state index in [0.29, 0.717) is 16.5 Å². The highest BCUT2D eigenvalue weighted by Gasteiger charge is 2.38. The Kier molecular flexibility index (Phi) is 6.68. The van der Waals surface area contributed by atoms with Crippen molar-refractivity contribution < 1.29 is 22.7 Å². The first-order valence-electron chi connectivity index (χ1n) is 11.6. The van der Waals surface area contributed by atoms with Crippen LogP contribution in [0.3, 0.4) is 0 Å². The van der Waals surface area contributed by atoms with E-state index in [4.69, 9.17) is 21.1 Å². The Bertz CT molecular complexity index is 1360. The number of halogens is 1. The van der Waals surface area contributed by atoms with Crippen molar-refractivity contribution in [1.82, 2.24) is 0 Å². The van der Waals surface area contributed by atoms with Gasteiger partial charge in [-0.05, 0) is 79.6 Å². The fourth-order valence-corrected chi connectivity index (χ4v) is 6.05. The standard InChI is InChI=1S/C26H26ClN3O5S/c1-34-21-9-11-22(12-10-21)36(32,33)30-17-25(35-24-13-4-18(27)16-23(24)30)26(31)28-19-5-7-20(8-6-19)29-14-2-3-15-29/h4-13,16,25H,2-3,14-15,17H2,1H3,(H,28,31)/t25-/m0/s1. The van der Waals surface area contributed by atoms with E-state index in [0.717, 1.165) is 18.8 Å². The van der Waals surface area contributed by atoms with Crippen LogP contribution in [0.2, 0.25) is 5.02 Å². The Hall–Kier alpha value is -3.43. The number of hydrogen-bond acceptors (Lipinski definition) is 6. The molecule has 1 saturated heterocycles. The number of benzene rings is 3. The first kappa shape index (κ1) is 24.3. The summed E-state index contributed by atoms with van der Waals surface area (Å²) in [7, 11) is -2.51. The second kappa shape index (κ2) is 9.91. The van der Waals surface area contributed by atoms with Crippen molar-refractivity contribution >= 4 is 44.6 Å². The fourth-order valence-electron chi connectivity index (χ4n) is 4.42. The maximum Gasteiger partial charge on any atom is 0.267 e. The maximum atomic E-state index is 13.6. The monoisotopic (exact) mass is 527 g/mol. The van der Waals surface area contributed by atoms with Gasteiger partial charge in [0.1, 0.15) is 11.5 Å². The number of fused-ring (bicyclic) bond motifs is 1. The molecule has 1 atom stereocenters. The van der Waals surface area contributed by atoms with Crippen LogP contribution in [-0.4, -0.2) is 47.2 Å². The molecular weight excluding hydrogens is 502 g/mol. The molecule has 0 bridgehead atoms. The van der Waals surface area contributed by atoms with E-state index < -0.39 is 22.0 Å². The van der Waals surface area contributed by atoms with E-state index >= 15 is 0 Å². The molecule has 3 aromatic carbocycles. The molecule has 36 heavy (non-hydrogen) atoms. The lowest BCUT2D eigenvalue weighted by Gasteiger charge is -2.35. The Labute approximate surface area is 215 Å². The molecule has 8 nitrogen and oxygen atoms in total. The Morgan fingerprint density at radius 1 is 1.03 bits per heavy atom. The molecular formula is C26H26ClN3O5S. The number of methoxy groups -OCH3 is 1. The topological polar surface area (TPSA) is 88.2 Å². The van der Waals surface area contributed by atoms with Crippen LogP contribution in [0, 0.1) is 0 Å². The largest absolute Gasteiger partial charge is 0.497 e. The van der Waals surface area contributed by atoms with Gasteiger partial charge in [-0.2, -0.15) is 0 Å². The molecule has 1 fully saturated rings. The smallest absolute Gasteiger partial charge is 0.267 e. The number of ether oxygens (including phenoxy) is 2. The molecule has 1 amide bonds. The maximum absolute atomic E-state index is 13.6. The van der Waals surface area contributed by atoms with Gasteiger partial charge in [-0.25, -0.2) is 8.42 Å². The number of amides is 1. The summed E-state index contributed by atoms with van der Waals surface area (Å²) < 4.78 is 39.4. The summed E-state index contributed by atoms with van der Waals surface area (Å²) in [5.41, 5.74) is 2.00. The number of nitrogens with zero attached hydrogens (tertiary/aromatic N) is 2. The van der Waals surface area contributed by atoms with Gasteiger partial charge in [0.15, 0.2) is 6.10 Å². The average Bonchev–Trinajstić information content (AvgIpc) is 3.43. The van der Waals surface area contributed by atoms with Crippen LogP contribution in [0.15, 0.2) is 71.6 Å². The molecule has 2 aliphatic rings. The summed E-state index contributed by atoms with van der Waals surface area (Å²) in [4.78, 5) is 15.5. The van der Waals surface area contributed by atoms with Crippen LogP contribution < -0.4 is 24.0 Å². The number of anilines is 3. The zero-order valence-corrected chi connectivity index (χ0v) is 21.3. The van der Waals surface area contributed by atoms with Gasteiger partial charge in [-0.3, -0.25) is 9.10 Å². The van der Waals surface area contributed by atoms with Gasteiger partial charge in [0.25, 0.3) is 15.9 Å². The van der Waals surface area contributed by atoms with Gasteiger partial charge >= 0.3 is 0 Å². The lowest BCUT2D eigenvalue weighted by molar-refractivity contribution is -0.122. The van der Waals surface area contributed by atoms with E-state index in [9.17, 15) is 13.2 Å². The fraction of sp³-hybridized carbons (Fsp3) is 0.269. The number of carbonyl (C=O) groups is 1. The zero-order valence-electron chi connectivity index (χ0n) is 19.7. The van der Waals surface area contributed by atoms with Crippen molar-refractivity contribution in [3.05, 3.63) is 71.8 Å². The molecule has 3 aromatic rings.